The Kier molecular flexibility index (Phi) is 4.88. The largest absolute Gasteiger partial charge is 0.480 e. The smallest absolute Gasteiger partial charge is 0.416 e. The van der Waals surface area contributed by atoms with E-state index in [0.29, 0.717) is 19.4 Å². The number of hydrogen-bond donors (Lipinski definition) is 1. The molecule has 2 heterocycles. The molecule has 1 fully saturated rings. The second kappa shape index (κ2) is 6.80. The van der Waals surface area contributed by atoms with E-state index in [1.54, 1.807) is 11.0 Å². The highest BCUT2D eigenvalue weighted by Gasteiger charge is 2.41. The number of carboxylic acids is 1. The zero-order valence-electron chi connectivity index (χ0n) is 13.6. The van der Waals surface area contributed by atoms with E-state index in [4.69, 9.17) is 0 Å². The molecule has 1 N–H and O–H groups in total. The van der Waals surface area contributed by atoms with Crippen molar-refractivity contribution in [2.45, 2.75) is 38.0 Å². The molecule has 2 unspecified atom stereocenters. The fourth-order valence-electron chi connectivity index (χ4n) is 3.45. The average molecular weight is 369 g/mol. The van der Waals surface area contributed by atoms with Gasteiger partial charge in [-0.05, 0) is 48.4 Å². The first-order valence-corrected chi connectivity index (χ1v) is 8.86. The van der Waals surface area contributed by atoms with Gasteiger partial charge in [0.1, 0.15) is 6.04 Å². The van der Waals surface area contributed by atoms with E-state index in [-0.39, 0.29) is 5.56 Å². The van der Waals surface area contributed by atoms with Crippen molar-refractivity contribution in [3.63, 3.8) is 0 Å². The molecule has 0 radical (unpaired) electrons. The molecule has 1 aromatic carbocycles. The Hall–Kier alpha value is -1.86. The van der Waals surface area contributed by atoms with Crippen molar-refractivity contribution in [1.82, 2.24) is 4.90 Å². The summed E-state index contributed by atoms with van der Waals surface area (Å²) in [5.41, 5.74) is 0.368. The predicted molar refractivity (Wildman–Crippen MR) is 89.7 cm³/mol. The van der Waals surface area contributed by atoms with Crippen LogP contribution in [0.15, 0.2) is 35.7 Å². The summed E-state index contributed by atoms with van der Waals surface area (Å²) in [5, 5.41) is 11.4. The zero-order chi connectivity index (χ0) is 18.2. The van der Waals surface area contributed by atoms with Gasteiger partial charge in [-0.25, -0.2) is 0 Å². The standard InChI is InChI=1S/C18H18F3NO2S/c1-11-9-15(25-10-11)16(22-8-4-7-14(22)17(23)24)12-5-2-3-6-13(12)18(19,20)21/h2-3,5-6,9-10,14,16H,4,7-8H2,1H3,(H,23,24). The molecule has 1 aromatic heterocycles. The van der Waals surface area contributed by atoms with Gasteiger partial charge in [0.05, 0.1) is 11.6 Å². The Morgan fingerprint density at radius 3 is 2.68 bits per heavy atom. The maximum absolute atomic E-state index is 13.5. The van der Waals surface area contributed by atoms with Gasteiger partial charge in [-0.1, -0.05) is 18.2 Å². The lowest BCUT2D eigenvalue weighted by molar-refractivity contribution is -0.142. The molecule has 3 nitrogen and oxygen atoms in total. The lowest BCUT2D eigenvalue weighted by Gasteiger charge is -2.32. The monoisotopic (exact) mass is 369 g/mol. The molecule has 1 saturated heterocycles. The van der Waals surface area contributed by atoms with Crippen LogP contribution in [0.4, 0.5) is 13.2 Å². The van der Waals surface area contributed by atoms with E-state index in [9.17, 15) is 23.1 Å². The van der Waals surface area contributed by atoms with Crippen molar-refractivity contribution < 1.29 is 23.1 Å². The van der Waals surface area contributed by atoms with Gasteiger partial charge in [-0.3, -0.25) is 9.69 Å². The van der Waals surface area contributed by atoms with E-state index in [1.165, 1.54) is 23.5 Å². The van der Waals surface area contributed by atoms with Gasteiger partial charge in [-0.15, -0.1) is 11.3 Å². The number of alkyl halides is 3. The number of benzene rings is 1. The molecule has 2 aromatic rings. The molecule has 0 saturated carbocycles. The molecule has 0 bridgehead atoms. The maximum Gasteiger partial charge on any atom is 0.416 e. The van der Waals surface area contributed by atoms with Crippen LogP contribution >= 0.6 is 11.3 Å². The van der Waals surface area contributed by atoms with Crippen molar-refractivity contribution in [2.24, 2.45) is 0 Å². The van der Waals surface area contributed by atoms with Crippen LogP contribution in [0.2, 0.25) is 0 Å². The third kappa shape index (κ3) is 3.57. The minimum absolute atomic E-state index is 0.116. The second-order valence-corrected chi connectivity index (χ2v) is 7.19. The van der Waals surface area contributed by atoms with Crippen LogP contribution in [-0.4, -0.2) is 28.6 Å². The molecular formula is C18H18F3NO2S. The minimum Gasteiger partial charge on any atom is -0.480 e. The molecule has 2 atom stereocenters. The van der Waals surface area contributed by atoms with Gasteiger partial charge in [0, 0.05) is 11.4 Å². The van der Waals surface area contributed by atoms with Crippen LogP contribution in [0, 0.1) is 6.92 Å². The van der Waals surface area contributed by atoms with Crippen molar-refractivity contribution in [2.75, 3.05) is 6.54 Å². The van der Waals surface area contributed by atoms with E-state index in [0.717, 1.165) is 16.5 Å². The first kappa shape index (κ1) is 17.9. The fourth-order valence-corrected chi connectivity index (χ4v) is 4.48. The molecule has 1 aliphatic heterocycles. The summed E-state index contributed by atoms with van der Waals surface area (Å²) >= 11 is 1.37. The number of hydrogen-bond acceptors (Lipinski definition) is 3. The van der Waals surface area contributed by atoms with Crippen LogP contribution in [-0.2, 0) is 11.0 Å². The molecule has 3 rings (SSSR count). The van der Waals surface area contributed by atoms with Gasteiger partial charge in [-0.2, -0.15) is 13.2 Å². The van der Waals surface area contributed by atoms with Crippen LogP contribution in [0.25, 0.3) is 0 Å². The average Bonchev–Trinajstić information content (AvgIpc) is 3.17. The molecule has 25 heavy (non-hydrogen) atoms. The predicted octanol–water partition coefficient (Wildman–Crippen LogP) is 4.71. The first-order valence-electron chi connectivity index (χ1n) is 7.98. The molecular weight excluding hydrogens is 351 g/mol. The summed E-state index contributed by atoms with van der Waals surface area (Å²) in [5.74, 6) is -0.986. The molecule has 0 spiro atoms. The van der Waals surface area contributed by atoms with Crippen LogP contribution in [0.1, 0.15) is 40.5 Å². The number of aliphatic carboxylic acids is 1. The number of halogens is 3. The number of likely N-dealkylation sites (tertiary alicyclic amines) is 1. The highest BCUT2D eigenvalue weighted by Crippen LogP contribution is 2.43. The topological polar surface area (TPSA) is 40.5 Å². The number of carboxylic acid groups (broad SMARTS) is 1. The third-order valence-electron chi connectivity index (χ3n) is 4.49. The van der Waals surface area contributed by atoms with E-state index < -0.39 is 29.8 Å². The number of aryl methyl sites for hydroxylation is 1. The fraction of sp³-hybridized carbons (Fsp3) is 0.389. The Morgan fingerprint density at radius 1 is 1.36 bits per heavy atom. The quantitative estimate of drug-likeness (QED) is 0.848. The van der Waals surface area contributed by atoms with E-state index in [1.807, 2.05) is 18.4 Å². The van der Waals surface area contributed by atoms with Gasteiger partial charge in [0.2, 0.25) is 0 Å². The summed E-state index contributed by atoms with van der Waals surface area (Å²) < 4.78 is 40.6. The number of carbonyl (C=O) groups is 1. The van der Waals surface area contributed by atoms with Crippen molar-refractivity contribution in [3.8, 4) is 0 Å². The zero-order valence-corrected chi connectivity index (χ0v) is 14.4. The Morgan fingerprint density at radius 2 is 2.08 bits per heavy atom. The SMILES string of the molecule is Cc1csc(C(c2ccccc2C(F)(F)F)N2CCCC2C(=O)O)c1. The van der Waals surface area contributed by atoms with Crippen molar-refractivity contribution in [1.29, 1.82) is 0 Å². The summed E-state index contributed by atoms with van der Waals surface area (Å²) in [6.45, 7) is 2.34. The number of nitrogens with zero attached hydrogens (tertiary/aromatic N) is 1. The highest BCUT2D eigenvalue weighted by molar-refractivity contribution is 7.10. The van der Waals surface area contributed by atoms with Gasteiger partial charge in [0.15, 0.2) is 0 Å². The first-order chi connectivity index (χ1) is 11.8. The number of rotatable bonds is 4. The maximum atomic E-state index is 13.5. The van der Waals surface area contributed by atoms with Crippen molar-refractivity contribution in [3.05, 3.63) is 57.3 Å². The van der Waals surface area contributed by atoms with Crippen molar-refractivity contribution >= 4 is 17.3 Å². The summed E-state index contributed by atoms with van der Waals surface area (Å²) in [4.78, 5) is 14.0. The highest BCUT2D eigenvalue weighted by atomic mass is 32.1. The van der Waals surface area contributed by atoms with Gasteiger partial charge in [0.25, 0.3) is 0 Å². The lowest BCUT2D eigenvalue weighted by atomic mass is 9.96. The summed E-state index contributed by atoms with van der Waals surface area (Å²) in [6.07, 6.45) is -3.38. The molecule has 1 aliphatic rings. The molecule has 0 amide bonds. The summed E-state index contributed by atoms with van der Waals surface area (Å²) in [6, 6.07) is 5.83. The third-order valence-corrected chi connectivity index (χ3v) is 5.59. The molecule has 0 aliphatic carbocycles. The normalized spacial score (nSPS) is 19.9. The van der Waals surface area contributed by atoms with Gasteiger partial charge >= 0.3 is 12.1 Å². The lowest BCUT2D eigenvalue weighted by Crippen LogP contribution is -2.39. The molecule has 7 heteroatoms. The van der Waals surface area contributed by atoms with E-state index >= 15 is 0 Å². The Balaban J connectivity index is 2.15. The molecule has 134 valence electrons. The minimum atomic E-state index is -4.49. The van der Waals surface area contributed by atoms with Crippen LogP contribution in [0.5, 0.6) is 0 Å². The summed E-state index contributed by atoms with van der Waals surface area (Å²) in [7, 11) is 0. The second-order valence-electron chi connectivity index (χ2n) is 6.25. The van der Waals surface area contributed by atoms with Crippen LogP contribution in [0.3, 0.4) is 0 Å². The number of thiophene rings is 1. The Bertz CT molecular complexity index is 772. The van der Waals surface area contributed by atoms with Crippen LogP contribution < -0.4 is 0 Å². The van der Waals surface area contributed by atoms with E-state index in [2.05, 4.69) is 0 Å². The Labute approximate surface area is 147 Å². The van der Waals surface area contributed by atoms with Gasteiger partial charge < -0.3 is 5.11 Å².